The number of sulfone groups is 1. The van der Waals surface area contributed by atoms with Gasteiger partial charge < -0.3 is 0 Å². The predicted molar refractivity (Wildman–Crippen MR) is 89.1 cm³/mol. The van der Waals surface area contributed by atoms with Crippen LogP contribution in [-0.2, 0) is 19.4 Å². The van der Waals surface area contributed by atoms with Crippen molar-refractivity contribution in [1.82, 2.24) is 0 Å². The number of rotatable bonds is 6. The zero-order valence-corrected chi connectivity index (χ0v) is 14.7. The smallest absolute Gasteiger partial charge is 0.175 e. The third-order valence-electron chi connectivity index (χ3n) is 4.54. The maximum Gasteiger partial charge on any atom is 0.175 e. The lowest BCUT2D eigenvalue weighted by atomic mass is 9.81. The van der Waals surface area contributed by atoms with E-state index < -0.39 is 9.84 Å². The van der Waals surface area contributed by atoms with Gasteiger partial charge in [0, 0.05) is 30.9 Å². The van der Waals surface area contributed by atoms with E-state index in [9.17, 15) is 18.0 Å². The Labute approximate surface area is 138 Å². The molecule has 0 aliphatic heterocycles. The van der Waals surface area contributed by atoms with Crippen LogP contribution in [0, 0.1) is 11.8 Å². The summed E-state index contributed by atoms with van der Waals surface area (Å²) in [6.45, 7) is 3.75. The summed E-state index contributed by atoms with van der Waals surface area (Å²) in [5, 5.41) is 0. The first kappa shape index (κ1) is 17.9. The monoisotopic (exact) mass is 336 g/mol. The lowest BCUT2D eigenvalue weighted by molar-refractivity contribution is -0.124. The highest BCUT2D eigenvalue weighted by molar-refractivity contribution is 7.90. The Balaban J connectivity index is 2.26. The van der Waals surface area contributed by atoms with Crippen molar-refractivity contribution < 1.29 is 18.0 Å². The Hall–Kier alpha value is -1.49. The Kier molecular flexibility index (Phi) is 5.40. The van der Waals surface area contributed by atoms with Crippen LogP contribution in [0.4, 0.5) is 0 Å². The second-order valence-electron chi connectivity index (χ2n) is 6.83. The van der Waals surface area contributed by atoms with Crippen molar-refractivity contribution in [2.45, 2.75) is 50.3 Å². The average molecular weight is 336 g/mol. The van der Waals surface area contributed by atoms with Crippen molar-refractivity contribution in [3.05, 3.63) is 29.8 Å². The molecule has 1 unspecified atom stereocenters. The summed E-state index contributed by atoms with van der Waals surface area (Å²) >= 11 is 0. The summed E-state index contributed by atoms with van der Waals surface area (Å²) in [5.74, 6) is 0.325. The van der Waals surface area contributed by atoms with E-state index in [1.165, 1.54) is 6.26 Å². The Morgan fingerprint density at radius 2 is 1.83 bits per heavy atom. The first-order valence-corrected chi connectivity index (χ1v) is 9.93. The fourth-order valence-electron chi connectivity index (χ4n) is 3.19. The van der Waals surface area contributed by atoms with E-state index in [4.69, 9.17) is 0 Å². The van der Waals surface area contributed by atoms with Crippen LogP contribution >= 0.6 is 0 Å². The van der Waals surface area contributed by atoms with E-state index in [0.29, 0.717) is 19.3 Å². The van der Waals surface area contributed by atoms with Gasteiger partial charge in [-0.05, 0) is 36.5 Å². The lowest BCUT2D eigenvalue weighted by Crippen LogP contribution is -2.20. The molecule has 1 fully saturated rings. The van der Waals surface area contributed by atoms with Gasteiger partial charge in [-0.2, -0.15) is 0 Å². The van der Waals surface area contributed by atoms with Crippen LogP contribution in [0.25, 0.3) is 0 Å². The number of carbonyl (C=O) groups is 2. The molecular weight excluding hydrogens is 312 g/mol. The van der Waals surface area contributed by atoms with Crippen LogP contribution < -0.4 is 0 Å². The van der Waals surface area contributed by atoms with E-state index >= 15 is 0 Å². The highest BCUT2D eigenvalue weighted by Crippen LogP contribution is 2.34. The van der Waals surface area contributed by atoms with Gasteiger partial charge in [0.1, 0.15) is 11.6 Å². The van der Waals surface area contributed by atoms with Gasteiger partial charge in [-0.25, -0.2) is 8.42 Å². The Morgan fingerprint density at radius 1 is 1.22 bits per heavy atom. The fourth-order valence-corrected chi connectivity index (χ4v) is 3.82. The number of hydrogen-bond donors (Lipinski definition) is 0. The van der Waals surface area contributed by atoms with E-state index in [-0.39, 0.29) is 34.2 Å². The SMILES string of the molecule is CC(C)C(=O)[C@H](CC1CCC(=O)C1)c1ccc(S(C)(=O)=O)cc1. The van der Waals surface area contributed by atoms with Crippen molar-refractivity contribution >= 4 is 21.4 Å². The maximum atomic E-state index is 12.6. The molecule has 0 bridgehead atoms. The van der Waals surface area contributed by atoms with Crippen LogP contribution in [0.2, 0.25) is 0 Å². The van der Waals surface area contributed by atoms with Gasteiger partial charge >= 0.3 is 0 Å². The second kappa shape index (κ2) is 6.95. The molecule has 0 amide bonds. The molecular formula is C18H24O4S. The fraction of sp³-hybridized carbons (Fsp3) is 0.556. The number of hydrogen-bond acceptors (Lipinski definition) is 4. The number of ketones is 2. The maximum absolute atomic E-state index is 12.6. The summed E-state index contributed by atoms with van der Waals surface area (Å²) in [4.78, 5) is 24.3. The second-order valence-corrected chi connectivity index (χ2v) is 8.85. The van der Waals surface area contributed by atoms with E-state index in [0.717, 1.165) is 12.0 Å². The van der Waals surface area contributed by atoms with Gasteiger partial charge in [-0.1, -0.05) is 26.0 Å². The van der Waals surface area contributed by atoms with Gasteiger partial charge in [0.25, 0.3) is 0 Å². The van der Waals surface area contributed by atoms with Crippen molar-refractivity contribution in [3.63, 3.8) is 0 Å². The molecule has 1 aliphatic rings. The van der Waals surface area contributed by atoms with Gasteiger partial charge in [0.15, 0.2) is 9.84 Å². The molecule has 0 N–H and O–H groups in total. The van der Waals surface area contributed by atoms with Crippen LogP contribution in [0.1, 0.15) is 51.0 Å². The molecule has 1 aromatic carbocycles. The Bertz CT molecular complexity index is 686. The molecule has 2 rings (SSSR count). The van der Waals surface area contributed by atoms with Gasteiger partial charge in [0.05, 0.1) is 4.90 Å². The van der Waals surface area contributed by atoms with Crippen LogP contribution in [0.3, 0.4) is 0 Å². The summed E-state index contributed by atoms with van der Waals surface area (Å²) in [7, 11) is -3.24. The summed E-state index contributed by atoms with van der Waals surface area (Å²) in [5.41, 5.74) is 0.843. The first-order valence-electron chi connectivity index (χ1n) is 8.04. The zero-order valence-electron chi connectivity index (χ0n) is 13.9. The van der Waals surface area contributed by atoms with E-state index in [2.05, 4.69) is 0 Å². The molecule has 126 valence electrons. The lowest BCUT2D eigenvalue weighted by Gasteiger charge is -2.21. The number of Topliss-reactive ketones (excluding diaryl/α,β-unsaturated/α-hetero) is 2. The van der Waals surface area contributed by atoms with Gasteiger partial charge in [-0.15, -0.1) is 0 Å². The van der Waals surface area contributed by atoms with Crippen molar-refractivity contribution in [3.8, 4) is 0 Å². The van der Waals surface area contributed by atoms with Crippen molar-refractivity contribution in [1.29, 1.82) is 0 Å². The largest absolute Gasteiger partial charge is 0.300 e. The third kappa shape index (κ3) is 4.50. The van der Waals surface area contributed by atoms with E-state index in [1.54, 1.807) is 24.3 Å². The number of carbonyl (C=O) groups excluding carboxylic acids is 2. The zero-order chi connectivity index (χ0) is 17.2. The average Bonchev–Trinajstić information content (AvgIpc) is 2.88. The molecule has 2 atom stereocenters. The molecule has 5 heteroatoms. The summed E-state index contributed by atoms with van der Waals surface area (Å²) in [6.07, 6.45) is 3.86. The topological polar surface area (TPSA) is 68.3 Å². The van der Waals surface area contributed by atoms with Crippen LogP contribution in [0.5, 0.6) is 0 Å². The minimum atomic E-state index is -3.24. The molecule has 0 radical (unpaired) electrons. The highest BCUT2D eigenvalue weighted by atomic mass is 32.2. The molecule has 1 aliphatic carbocycles. The van der Waals surface area contributed by atoms with Crippen molar-refractivity contribution in [2.24, 2.45) is 11.8 Å². The minimum absolute atomic E-state index is 0.0910. The van der Waals surface area contributed by atoms with Crippen LogP contribution in [0.15, 0.2) is 29.2 Å². The molecule has 0 aromatic heterocycles. The quantitative estimate of drug-likeness (QED) is 0.800. The molecule has 0 saturated heterocycles. The standard InChI is InChI=1S/C18H24O4S/c1-12(2)18(20)17(11-13-4-7-15(19)10-13)14-5-8-16(9-6-14)23(3,21)22/h5-6,8-9,12-13,17H,4,7,10-11H2,1-3H3/t13?,17-/m1/s1. The molecule has 4 nitrogen and oxygen atoms in total. The summed E-state index contributed by atoms with van der Waals surface area (Å²) < 4.78 is 23.1. The highest BCUT2D eigenvalue weighted by Gasteiger charge is 2.30. The molecule has 0 heterocycles. The normalized spacial score (nSPS) is 20.0. The van der Waals surface area contributed by atoms with Crippen LogP contribution in [-0.4, -0.2) is 26.2 Å². The van der Waals surface area contributed by atoms with Crippen molar-refractivity contribution in [2.75, 3.05) is 6.26 Å². The molecule has 23 heavy (non-hydrogen) atoms. The molecule has 1 aromatic rings. The van der Waals surface area contributed by atoms with Gasteiger partial charge in [0.2, 0.25) is 0 Å². The molecule has 0 spiro atoms. The Morgan fingerprint density at radius 3 is 2.26 bits per heavy atom. The third-order valence-corrected chi connectivity index (χ3v) is 5.67. The summed E-state index contributed by atoms with van der Waals surface area (Å²) in [6, 6.07) is 6.59. The minimum Gasteiger partial charge on any atom is -0.300 e. The number of benzene rings is 1. The van der Waals surface area contributed by atoms with E-state index in [1.807, 2.05) is 13.8 Å². The van der Waals surface area contributed by atoms with Gasteiger partial charge in [-0.3, -0.25) is 9.59 Å². The first-order chi connectivity index (χ1) is 10.7. The molecule has 1 saturated carbocycles. The predicted octanol–water partition coefficient (Wildman–Crippen LogP) is 3.16.